The lowest BCUT2D eigenvalue weighted by atomic mass is 9.91. The Labute approximate surface area is 200 Å². The normalized spacial score (nSPS) is 18.0. The molecule has 0 heterocycles. The molecule has 0 aliphatic heterocycles. The van der Waals surface area contributed by atoms with Crippen molar-refractivity contribution in [2.24, 2.45) is 4.99 Å². The van der Waals surface area contributed by atoms with Crippen LogP contribution < -0.4 is 16.0 Å². The number of hydrogen-bond acceptors (Lipinski definition) is 4. The lowest BCUT2D eigenvalue weighted by Gasteiger charge is -2.30. The molecule has 0 radical (unpaired) electrons. The van der Waals surface area contributed by atoms with Gasteiger partial charge in [0.1, 0.15) is 0 Å². The number of amides is 2. The summed E-state index contributed by atoms with van der Waals surface area (Å²) in [4.78, 5) is 28.5. The van der Waals surface area contributed by atoms with Gasteiger partial charge in [-0.05, 0) is 68.5 Å². The molecule has 2 aromatic rings. The summed E-state index contributed by atoms with van der Waals surface area (Å²) in [6.07, 6.45) is 2.12. The molecule has 0 bridgehead atoms. The van der Waals surface area contributed by atoms with Crippen LogP contribution in [0.5, 0.6) is 0 Å². The molecule has 1 aliphatic rings. The maximum absolute atomic E-state index is 13.6. The number of rotatable bonds is 6. The molecule has 0 aromatic heterocycles. The number of aliphatic imine (C=N–C) groups is 1. The van der Waals surface area contributed by atoms with Crippen molar-refractivity contribution in [3.05, 3.63) is 70.8 Å². The zero-order valence-electron chi connectivity index (χ0n) is 19.0. The van der Waals surface area contributed by atoms with Gasteiger partial charge < -0.3 is 15.4 Å². The van der Waals surface area contributed by atoms with Crippen LogP contribution in [0.4, 0.5) is 22.4 Å². The molecule has 0 saturated heterocycles. The van der Waals surface area contributed by atoms with Gasteiger partial charge >= 0.3 is 6.09 Å². The van der Waals surface area contributed by atoms with E-state index < -0.39 is 35.3 Å². The van der Waals surface area contributed by atoms with E-state index in [1.165, 1.54) is 6.07 Å². The highest BCUT2D eigenvalue weighted by molar-refractivity contribution is 6.05. The molecule has 0 atom stereocenters. The second kappa shape index (κ2) is 12.2. The lowest BCUT2D eigenvalue weighted by molar-refractivity contribution is 0.0974. The van der Waals surface area contributed by atoms with Crippen LogP contribution in [0.25, 0.3) is 0 Å². The van der Waals surface area contributed by atoms with E-state index in [0.717, 1.165) is 30.3 Å². The SMILES string of the molecule is CCOC(=O)NC1CCC(NC(=NCc2ccc(F)c(F)c2)NC(=O)c2ccc(F)c(F)c2)CC1. The van der Waals surface area contributed by atoms with Crippen LogP contribution in [-0.2, 0) is 11.3 Å². The Morgan fingerprint density at radius 1 is 0.886 bits per heavy atom. The molecule has 0 unspecified atom stereocenters. The highest BCUT2D eigenvalue weighted by Crippen LogP contribution is 2.19. The fourth-order valence-corrected chi connectivity index (χ4v) is 3.66. The summed E-state index contributed by atoms with van der Waals surface area (Å²) in [6.45, 7) is 1.92. The third kappa shape index (κ3) is 7.69. The number of halogens is 4. The monoisotopic (exact) mass is 494 g/mol. The Hall–Kier alpha value is -3.63. The minimum Gasteiger partial charge on any atom is -0.450 e. The van der Waals surface area contributed by atoms with E-state index in [1.54, 1.807) is 6.92 Å². The van der Waals surface area contributed by atoms with Crippen molar-refractivity contribution in [1.29, 1.82) is 0 Å². The van der Waals surface area contributed by atoms with Gasteiger partial charge in [0.05, 0.1) is 13.2 Å². The number of nitrogens with zero attached hydrogens (tertiary/aromatic N) is 1. The highest BCUT2D eigenvalue weighted by atomic mass is 19.2. The molecule has 1 saturated carbocycles. The Bertz CT molecular complexity index is 1090. The van der Waals surface area contributed by atoms with Gasteiger partial charge in [-0.2, -0.15) is 0 Å². The lowest BCUT2D eigenvalue weighted by Crippen LogP contribution is -2.49. The molecule has 35 heavy (non-hydrogen) atoms. The molecular formula is C24H26F4N4O3. The maximum Gasteiger partial charge on any atom is 0.407 e. The van der Waals surface area contributed by atoms with Crippen molar-refractivity contribution < 1.29 is 31.9 Å². The van der Waals surface area contributed by atoms with Crippen LogP contribution in [0, 0.1) is 23.3 Å². The standard InChI is InChI=1S/C24H26F4N4O3/c1-2-35-24(34)31-17-7-5-16(6-8-17)30-23(29-13-14-3-9-18(25)20(27)11-14)32-22(33)15-4-10-19(26)21(28)12-15/h3-4,9-12,16-17H,2,5-8,13H2,1H3,(H,31,34)(H2,29,30,32,33). The van der Waals surface area contributed by atoms with Crippen molar-refractivity contribution in [3.8, 4) is 0 Å². The van der Waals surface area contributed by atoms with Crippen molar-refractivity contribution in [2.75, 3.05) is 6.61 Å². The predicted molar refractivity (Wildman–Crippen MR) is 121 cm³/mol. The van der Waals surface area contributed by atoms with Crippen LogP contribution >= 0.6 is 0 Å². The molecule has 3 N–H and O–H groups in total. The predicted octanol–water partition coefficient (Wildman–Crippen LogP) is 4.18. The van der Waals surface area contributed by atoms with Crippen molar-refractivity contribution in [3.63, 3.8) is 0 Å². The van der Waals surface area contributed by atoms with Gasteiger partial charge in [0.25, 0.3) is 5.91 Å². The zero-order chi connectivity index (χ0) is 25.4. The van der Waals surface area contributed by atoms with Crippen LogP contribution in [0.3, 0.4) is 0 Å². The van der Waals surface area contributed by atoms with Crippen LogP contribution in [0.15, 0.2) is 41.4 Å². The summed E-state index contributed by atoms with van der Waals surface area (Å²) in [7, 11) is 0. The van der Waals surface area contributed by atoms with Crippen LogP contribution in [0.1, 0.15) is 48.5 Å². The molecule has 3 rings (SSSR count). The number of ether oxygens (including phenoxy) is 1. The largest absolute Gasteiger partial charge is 0.450 e. The summed E-state index contributed by atoms with van der Waals surface area (Å²) in [5.41, 5.74) is 0.251. The minimum atomic E-state index is -1.17. The van der Waals surface area contributed by atoms with E-state index in [-0.39, 0.29) is 36.8 Å². The average Bonchev–Trinajstić information content (AvgIpc) is 2.82. The summed E-state index contributed by atoms with van der Waals surface area (Å²) < 4.78 is 58.4. The fraction of sp³-hybridized carbons (Fsp3) is 0.375. The first-order valence-electron chi connectivity index (χ1n) is 11.2. The number of alkyl carbamates (subject to hydrolysis) is 1. The summed E-state index contributed by atoms with van der Waals surface area (Å²) in [5, 5.41) is 8.45. The topological polar surface area (TPSA) is 91.8 Å². The van der Waals surface area contributed by atoms with Crippen molar-refractivity contribution >= 4 is 18.0 Å². The first-order chi connectivity index (χ1) is 16.7. The van der Waals surface area contributed by atoms with Gasteiger partial charge in [-0.1, -0.05) is 6.07 Å². The third-order valence-corrected chi connectivity index (χ3v) is 5.48. The second-order valence-electron chi connectivity index (χ2n) is 8.05. The van der Waals surface area contributed by atoms with Crippen LogP contribution in [0.2, 0.25) is 0 Å². The molecule has 2 aromatic carbocycles. The average molecular weight is 494 g/mol. The molecule has 7 nitrogen and oxygen atoms in total. The zero-order valence-corrected chi connectivity index (χ0v) is 19.0. The molecular weight excluding hydrogens is 468 g/mol. The minimum absolute atomic E-state index is 0.0475. The van der Waals surface area contributed by atoms with E-state index in [1.807, 2.05) is 0 Å². The number of carbonyl (C=O) groups excluding carboxylic acids is 2. The Morgan fingerprint density at radius 2 is 1.49 bits per heavy atom. The Morgan fingerprint density at radius 3 is 2.09 bits per heavy atom. The number of carbonyl (C=O) groups is 2. The third-order valence-electron chi connectivity index (χ3n) is 5.48. The van der Waals surface area contributed by atoms with E-state index in [0.29, 0.717) is 31.2 Å². The Kier molecular flexibility index (Phi) is 9.04. The van der Waals surface area contributed by atoms with Crippen LogP contribution in [-0.4, -0.2) is 36.7 Å². The van der Waals surface area contributed by atoms with Gasteiger partial charge in [0.15, 0.2) is 29.2 Å². The molecule has 0 spiro atoms. The summed E-state index contributed by atoms with van der Waals surface area (Å²) >= 11 is 0. The highest BCUT2D eigenvalue weighted by Gasteiger charge is 2.24. The van der Waals surface area contributed by atoms with Gasteiger partial charge in [-0.25, -0.2) is 27.3 Å². The summed E-state index contributed by atoms with van der Waals surface area (Å²) in [5.74, 6) is -4.94. The first kappa shape index (κ1) is 26.0. The van der Waals surface area contributed by atoms with E-state index in [9.17, 15) is 27.2 Å². The number of benzene rings is 2. The number of hydrogen-bond donors (Lipinski definition) is 3. The quantitative estimate of drug-likeness (QED) is 0.319. The molecule has 1 aliphatic carbocycles. The molecule has 2 amide bonds. The second-order valence-corrected chi connectivity index (χ2v) is 8.05. The smallest absolute Gasteiger partial charge is 0.407 e. The van der Waals surface area contributed by atoms with Crippen molar-refractivity contribution in [2.45, 2.75) is 51.2 Å². The van der Waals surface area contributed by atoms with Gasteiger partial charge in [0.2, 0.25) is 0 Å². The number of guanidine groups is 1. The molecule has 1 fully saturated rings. The van der Waals surface area contributed by atoms with Gasteiger partial charge in [-0.15, -0.1) is 0 Å². The fourth-order valence-electron chi connectivity index (χ4n) is 3.66. The van der Waals surface area contributed by atoms with E-state index in [4.69, 9.17) is 4.74 Å². The maximum atomic E-state index is 13.6. The van der Waals surface area contributed by atoms with E-state index in [2.05, 4.69) is 20.9 Å². The van der Waals surface area contributed by atoms with Gasteiger partial charge in [-0.3, -0.25) is 10.1 Å². The Balaban J connectivity index is 1.68. The van der Waals surface area contributed by atoms with E-state index >= 15 is 0 Å². The first-order valence-corrected chi connectivity index (χ1v) is 11.2. The molecule has 11 heteroatoms. The number of nitrogens with one attached hydrogen (secondary N) is 3. The van der Waals surface area contributed by atoms with Crippen molar-refractivity contribution in [1.82, 2.24) is 16.0 Å². The summed E-state index contributed by atoms with van der Waals surface area (Å²) in [6, 6.07) is 5.92. The molecule has 188 valence electrons. The van der Waals surface area contributed by atoms with Gasteiger partial charge in [0, 0.05) is 17.6 Å².